The molecule has 9 nitrogen and oxygen atoms in total. The number of amides is 2. The Bertz CT molecular complexity index is 1240. The van der Waals surface area contributed by atoms with Crippen LogP contribution >= 0.6 is 0 Å². The second-order valence-corrected chi connectivity index (χ2v) is 8.89. The number of fused-ring (bicyclic) bond motifs is 3. The van der Waals surface area contributed by atoms with E-state index >= 15 is 0 Å². The predicted molar refractivity (Wildman–Crippen MR) is 130 cm³/mol. The molecule has 0 fully saturated rings. The Morgan fingerprint density at radius 2 is 1.69 bits per heavy atom. The molecule has 0 saturated heterocycles. The fraction of sp³-hybridized carbons (Fsp3) is 0.308. The number of benzene rings is 2. The van der Waals surface area contributed by atoms with Crippen molar-refractivity contribution in [2.45, 2.75) is 26.2 Å². The number of hydrogen-bond donors (Lipinski definition) is 3. The van der Waals surface area contributed by atoms with Gasteiger partial charge in [-0.05, 0) is 35.6 Å². The van der Waals surface area contributed by atoms with Crippen LogP contribution in [0.2, 0.25) is 0 Å². The number of carboxylic acid groups (broad SMARTS) is 1. The van der Waals surface area contributed by atoms with Crippen LogP contribution in [0.1, 0.15) is 47.8 Å². The van der Waals surface area contributed by atoms with Gasteiger partial charge in [-0.1, -0.05) is 55.5 Å². The third kappa shape index (κ3) is 4.75. The van der Waals surface area contributed by atoms with Gasteiger partial charge in [0.1, 0.15) is 12.4 Å². The summed E-state index contributed by atoms with van der Waals surface area (Å²) in [7, 11) is 1.54. The second-order valence-electron chi connectivity index (χ2n) is 8.89. The van der Waals surface area contributed by atoms with Crippen molar-refractivity contribution in [3.05, 3.63) is 71.4 Å². The molecule has 0 saturated carbocycles. The Hall–Kier alpha value is -4.14. The monoisotopic (exact) mass is 476 g/mol. The number of rotatable bonds is 8. The molecule has 1 aliphatic carbocycles. The first-order chi connectivity index (χ1) is 16.7. The summed E-state index contributed by atoms with van der Waals surface area (Å²) in [5.41, 5.74) is 3.42. The molecular weight excluding hydrogens is 448 g/mol. The number of carboxylic acids is 1. The lowest BCUT2D eigenvalue weighted by molar-refractivity contribution is -0.124. The number of ether oxygens (including phenoxy) is 1. The van der Waals surface area contributed by atoms with Crippen LogP contribution in [-0.4, -0.2) is 46.0 Å². The van der Waals surface area contributed by atoms with Crippen molar-refractivity contribution in [3.63, 3.8) is 0 Å². The van der Waals surface area contributed by atoms with Gasteiger partial charge in [-0.3, -0.25) is 9.48 Å². The van der Waals surface area contributed by atoms with Crippen molar-refractivity contribution in [1.29, 1.82) is 0 Å². The Balaban J connectivity index is 1.37. The predicted octanol–water partition coefficient (Wildman–Crippen LogP) is 4.01. The van der Waals surface area contributed by atoms with E-state index in [2.05, 4.69) is 27.9 Å². The van der Waals surface area contributed by atoms with Crippen LogP contribution in [0.25, 0.3) is 11.1 Å². The zero-order valence-electron chi connectivity index (χ0n) is 19.9. The topological polar surface area (TPSA) is 123 Å². The Labute approximate surface area is 203 Å². The summed E-state index contributed by atoms with van der Waals surface area (Å²) >= 11 is 0. The minimum atomic E-state index is -1.18. The van der Waals surface area contributed by atoms with Gasteiger partial charge in [-0.25, -0.2) is 9.59 Å². The van der Waals surface area contributed by atoms with Gasteiger partial charge in [0.25, 0.3) is 0 Å². The molecule has 0 bridgehead atoms. The molecule has 0 spiro atoms. The average Bonchev–Trinajstić information content (AvgIpc) is 3.39. The number of anilines is 1. The van der Waals surface area contributed by atoms with Gasteiger partial charge in [-0.15, -0.1) is 0 Å². The van der Waals surface area contributed by atoms with Gasteiger partial charge in [0.15, 0.2) is 5.69 Å². The highest BCUT2D eigenvalue weighted by Gasteiger charge is 2.34. The van der Waals surface area contributed by atoms with Gasteiger partial charge in [0.2, 0.25) is 5.91 Å². The Kier molecular flexibility index (Phi) is 6.59. The minimum absolute atomic E-state index is 0.0512. The first-order valence-corrected chi connectivity index (χ1v) is 11.4. The zero-order valence-corrected chi connectivity index (χ0v) is 19.9. The van der Waals surface area contributed by atoms with E-state index in [0.29, 0.717) is 6.42 Å². The van der Waals surface area contributed by atoms with Crippen LogP contribution in [0.3, 0.4) is 0 Å². The van der Waals surface area contributed by atoms with Crippen molar-refractivity contribution < 1.29 is 24.2 Å². The van der Waals surface area contributed by atoms with E-state index in [0.717, 1.165) is 22.3 Å². The summed E-state index contributed by atoms with van der Waals surface area (Å²) in [5.74, 6) is -1.34. The Morgan fingerprint density at radius 3 is 2.23 bits per heavy atom. The van der Waals surface area contributed by atoms with E-state index in [9.17, 15) is 14.4 Å². The molecule has 1 atom stereocenters. The molecule has 9 heteroatoms. The summed E-state index contributed by atoms with van der Waals surface area (Å²) in [4.78, 5) is 36.6. The number of hydrogen-bond acceptors (Lipinski definition) is 5. The summed E-state index contributed by atoms with van der Waals surface area (Å²) in [6.45, 7) is 3.79. The van der Waals surface area contributed by atoms with Crippen molar-refractivity contribution in [3.8, 4) is 11.1 Å². The van der Waals surface area contributed by atoms with Crippen LogP contribution in [0.5, 0.6) is 0 Å². The first kappa shape index (κ1) is 24.0. The third-order valence-corrected chi connectivity index (χ3v) is 6.64. The molecule has 1 heterocycles. The van der Waals surface area contributed by atoms with E-state index in [1.54, 1.807) is 14.0 Å². The number of aromatic nitrogens is 2. The number of carbonyl (C=O) groups excluding carboxylic acids is 2. The summed E-state index contributed by atoms with van der Waals surface area (Å²) in [5, 5.41) is 18.4. The third-order valence-electron chi connectivity index (χ3n) is 6.64. The number of carbonyl (C=O) groups is 3. The van der Waals surface area contributed by atoms with Gasteiger partial charge < -0.3 is 20.5 Å². The van der Waals surface area contributed by atoms with Crippen molar-refractivity contribution in [1.82, 2.24) is 15.1 Å². The molecular formula is C26H28N4O5. The SMILES string of the molecule is CCC(C)(CNC(=O)OCC1c2ccccc2-c2ccccc21)C(=O)Nc1cc(C(=O)O)nn1C. The van der Waals surface area contributed by atoms with Crippen LogP contribution in [0.4, 0.5) is 10.6 Å². The fourth-order valence-electron chi connectivity index (χ4n) is 4.24. The van der Waals surface area contributed by atoms with Crippen molar-refractivity contribution in [2.24, 2.45) is 12.5 Å². The highest BCUT2D eigenvalue weighted by molar-refractivity contribution is 5.96. The van der Waals surface area contributed by atoms with Crippen molar-refractivity contribution in [2.75, 3.05) is 18.5 Å². The number of nitrogens with zero attached hydrogens (tertiary/aromatic N) is 2. The van der Waals surface area contributed by atoms with Crippen molar-refractivity contribution >= 4 is 23.8 Å². The normalized spacial score (nSPS) is 13.9. The van der Waals surface area contributed by atoms with Gasteiger partial charge >= 0.3 is 12.1 Å². The van der Waals surface area contributed by atoms with Gasteiger partial charge in [-0.2, -0.15) is 5.10 Å². The second kappa shape index (κ2) is 9.61. The van der Waals surface area contributed by atoms with E-state index in [1.807, 2.05) is 43.3 Å². The zero-order chi connectivity index (χ0) is 25.2. The van der Waals surface area contributed by atoms with Crippen LogP contribution in [0.15, 0.2) is 54.6 Å². The molecule has 182 valence electrons. The molecule has 2 aromatic carbocycles. The smallest absolute Gasteiger partial charge is 0.407 e. The molecule has 0 aliphatic heterocycles. The molecule has 2 amide bonds. The lowest BCUT2D eigenvalue weighted by Crippen LogP contribution is -2.44. The first-order valence-electron chi connectivity index (χ1n) is 11.4. The summed E-state index contributed by atoms with van der Waals surface area (Å²) in [6.07, 6.45) is -0.167. The molecule has 1 aliphatic rings. The lowest BCUT2D eigenvalue weighted by Gasteiger charge is -2.27. The average molecular weight is 477 g/mol. The summed E-state index contributed by atoms with van der Waals surface area (Å²) < 4.78 is 6.85. The fourth-order valence-corrected chi connectivity index (χ4v) is 4.24. The molecule has 3 aromatic rings. The van der Waals surface area contributed by atoms with Gasteiger partial charge in [0.05, 0.1) is 5.41 Å². The minimum Gasteiger partial charge on any atom is -0.476 e. The molecule has 1 unspecified atom stereocenters. The standard InChI is InChI=1S/C26H28N4O5/c1-4-26(2,24(33)28-22-13-21(23(31)32)29-30(22)3)15-27-25(34)35-14-20-18-11-7-5-9-16(18)17-10-6-8-12-19(17)20/h5-13,20H,4,14-15H2,1-3H3,(H,27,34)(H,28,33)(H,31,32). The van der Waals surface area contributed by atoms with E-state index < -0.39 is 17.5 Å². The number of aryl methyl sites for hydroxylation is 1. The molecule has 0 radical (unpaired) electrons. The van der Waals surface area contributed by atoms with Crippen LogP contribution < -0.4 is 10.6 Å². The number of aromatic carboxylic acids is 1. The number of nitrogens with one attached hydrogen (secondary N) is 2. The Morgan fingerprint density at radius 1 is 1.09 bits per heavy atom. The quantitative estimate of drug-likeness (QED) is 0.451. The van der Waals surface area contributed by atoms with Crippen LogP contribution in [-0.2, 0) is 16.6 Å². The molecule has 3 N–H and O–H groups in total. The van der Waals surface area contributed by atoms with Gasteiger partial charge in [0, 0.05) is 25.6 Å². The maximum atomic E-state index is 13.0. The highest BCUT2D eigenvalue weighted by Crippen LogP contribution is 2.44. The highest BCUT2D eigenvalue weighted by atomic mass is 16.5. The number of alkyl carbamates (subject to hydrolysis) is 1. The summed E-state index contributed by atoms with van der Waals surface area (Å²) in [6, 6.07) is 17.5. The maximum Gasteiger partial charge on any atom is 0.407 e. The van der Waals surface area contributed by atoms with E-state index in [4.69, 9.17) is 9.84 Å². The molecule has 1 aromatic heterocycles. The van der Waals surface area contributed by atoms with Crippen LogP contribution in [0, 0.1) is 5.41 Å². The largest absolute Gasteiger partial charge is 0.476 e. The molecule has 35 heavy (non-hydrogen) atoms. The maximum absolute atomic E-state index is 13.0. The van der Waals surface area contributed by atoms with E-state index in [-0.39, 0.29) is 36.5 Å². The molecule has 4 rings (SSSR count). The van der Waals surface area contributed by atoms with E-state index in [1.165, 1.54) is 10.7 Å². The lowest BCUT2D eigenvalue weighted by atomic mass is 9.86.